The number of aliphatic carboxylic acids is 1. The summed E-state index contributed by atoms with van der Waals surface area (Å²) >= 11 is 1.21. The van der Waals surface area contributed by atoms with Gasteiger partial charge in [0.15, 0.2) is 11.5 Å². The van der Waals surface area contributed by atoms with Gasteiger partial charge in [0, 0.05) is 30.3 Å². The van der Waals surface area contributed by atoms with Crippen molar-refractivity contribution in [2.75, 3.05) is 5.75 Å². The van der Waals surface area contributed by atoms with Crippen LogP contribution in [-0.4, -0.2) is 36.5 Å². The first kappa shape index (κ1) is 15.6. The van der Waals surface area contributed by atoms with E-state index in [2.05, 4.69) is 35.9 Å². The van der Waals surface area contributed by atoms with Gasteiger partial charge in [-0.1, -0.05) is 37.7 Å². The van der Waals surface area contributed by atoms with Gasteiger partial charge in [-0.25, -0.2) is 4.98 Å². The van der Waals surface area contributed by atoms with E-state index in [4.69, 9.17) is 9.63 Å². The summed E-state index contributed by atoms with van der Waals surface area (Å²) in [6.07, 6.45) is 3.76. The van der Waals surface area contributed by atoms with Crippen LogP contribution in [0.3, 0.4) is 0 Å². The molecule has 0 unspecified atom stereocenters. The Morgan fingerprint density at radius 2 is 2.19 bits per heavy atom. The summed E-state index contributed by atoms with van der Waals surface area (Å²) in [5, 5.41) is 13.1. The third kappa shape index (κ3) is 4.07. The Morgan fingerprint density at radius 3 is 2.76 bits per heavy atom. The Balaban J connectivity index is 2.20. The predicted molar refractivity (Wildman–Crippen MR) is 77.3 cm³/mol. The predicted octanol–water partition coefficient (Wildman–Crippen LogP) is 1.98. The average Bonchev–Trinajstić information content (AvgIpc) is 3.02. The molecule has 7 nitrogen and oxygen atoms in total. The SMILES string of the molecule is CC(C)(C)c1cnc(SCC(=O)O)n1CCc1ncno1. The zero-order chi connectivity index (χ0) is 15.5. The molecule has 0 fully saturated rings. The van der Waals surface area contributed by atoms with Crippen LogP contribution >= 0.6 is 11.8 Å². The maximum atomic E-state index is 10.7. The normalized spacial score (nSPS) is 11.8. The number of hydrogen-bond acceptors (Lipinski definition) is 6. The van der Waals surface area contributed by atoms with Crippen molar-refractivity contribution in [1.29, 1.82) is 0 Å². The van der Waals surface area contributed by atoms with E-state index in [0.29, 0.717) is 24.0 Å². The second-order valence-corrected chi connectivity index (χ2v) is 6.54. The standard InChI is InChI=1S/C13H18N4O3S/c1-13(2,3)9-6-14-12(21-7-11(18)19)17(9)5-4-10-15-8-16-20-10/h6,8H,4-5,7H2,1-3H3,(H,18,19). The summed E-state index contributed by atoms with van der Waals surface area (Å²) < 4.78 is 7.03. The molecule has 2 aromatic rings. The van der Waals surface area contributed by atoms with E-state index in [9.17, 15) is 4.79 Å². The van der Waals surface area contributed by atoms with Crippen molar-refractivity contribution < 1.29 is 14.4 Å². The van der Waals surface area contributed by atoms with Crippen LogP contribution in [0.15, 0.2) is 22.2 Å². The number of nitrogens with zero attached hydrogens (tertiary/aromatic N) is 4. The van der Waals surface area contributed by atoms with E-state index < -0.39 is 5.97 Å². The zero-order valence-corrected chi connectivity index (χ0v) is 13.1. The molecular weight excluding hydrogens is 292 g/mol. The van der Waals surface area contributed by atoms with Gasteiger partial charge in [-0.15, -0.1) is 0 Å². The van der Waals surface area contributed by atoms with Crippen molar-refractivity contribution in [3.63, 3.8) is 0 Å². The Kier molecular flexibility index (Phi) is 4.66. The van der Waals surface area contributed by atoms with Crippen molar-refractivity contribution in [2.45, 2.75) is 44.3 Å². The lowest BCUT2D eigenvalue weighted by Gasteiger charge is -2.21. The molecular formula is C13H18N4O3S. The van der Waals surface area contributed by atoms with Crippen LogP contribution in [0.25, 0.3) is 0 Å². The second kappa shape index (κ2) is 6.30. The Hall–Kier alpha value is -1.83. The molecule has 0 aliphatic rings. The first-order valence-corrected chi connectivity index (χ1v) is 7.52. The molecule has 0 aliphatic carbocycles. The summed E-state index contributed by atoms with van der Waals surface area (Å²) in [6, 6.07) is 0. The van der Waals surface area contributed by atoms with Crippen molar-refractivity contribution in [2.24, 2.45) is 0 Å². The Labute approximate surface area is 126 Å². The summed E-state index contributed by atoms with van der Waals surface area (Å²) in [5.41, 5.74) is 0.971. The summed E-state index contributed by atoms with van der Waals surface area (Å²) in [4.78, 5) is 19.1. The highest BCUT2D eigenvalue weighted by molar-refractivity contribution is 7.99. The molecule has 0 saturated heterocycles. The van der Waals surface area contributed by atoms with Gasteiger partial charge in [0.1, 0.15) is 0 Å². The fourth-order valence-corrected chi connectivity index (χ4v) is 2.65. The number of thioether (sulfide) groups is 1. The second-order valence-electron chi connectivity index (χ2n) is 5.60. The van der Waals surface area contributed by atoms with Crippen LogP contribution in [0, 0.1) is 0 Å². The molecule has 0 spiro atoms. The highest BCUT2D eigenvalue weighted by Crippen LogP contribution is 2.27. The van der Waals surface area contributed by atoms with Crippen LogP contribution in [0.5, 0.6) is 0 Å². The van der Waals surface area contributed by atoms with Crippen molar-refractivity contribution in [1.82, 2.24) is 19.7 Å². The highest BCUT2D eigenvalue weighted by Gasteiger charge is 2.22. The van der Waals surface area contributed by atoms with Crippen molar-refractivity contribution in [3.8, 4) is 0 Å². The maximum Gasteiger partial charge on any atom is 0.313 e. The van der Waals surface area contributed by atoms with Gasteiger partial charge >= 0.3 is 5.97 Å². The number of carboxylic acid groups (broad SMARTS) is 1. The quantitative estimate of drug-likeness (QED) is 0.815. The molecule has 2 heterocycles. The molecule has 0 bridgehead atoms. The number of hydrogen-bond donors (Lipinski definition) is 1. The number of carbonyl (C=O) groups is 1. The zero-order valence-electron chi connectivity index (χ0n) is 12.2. The number of aryl methyl sites for hydroxylation is 1. The van der Waals surface area contributed by atoms with Crippen LogP contribution < -0.4 is 0 Å². The molecule has 8 heteroatoms. The smallest absolute Gasteiger partial charge is 0.313 e. The van der Waals surface area contributed by atoms with Crippen LogP contribution in [0.2, 0.25) is 0 Å². The first-order valence-electron chi connectivity index (χ1n) is 6.54. The molecule has 0 atom stereocenters. The van der Waals surface area contributed by atoms with E-state index in [1.807, 2.05) is 4.57 Å². The average molecular weight is 310 g/mol. The minimum absolute atomic E-state index is 0.0127. The number of carboxylic acids is 1. The lowest BCUT2D eigenvalue weighted by atomic mass is 9.92. The highest BCUT2D eigenvalue weighted by atomic mass is 32.2. The molecule has 114 valence electrons. The van der Waals surface area contributed by atoms with E-state index in [1.54, 1.807) is 6.20 Å². The molecule has 1 N–H and O–H groups in total. The fourth-order valence-electron chi connectivity index (χ4n) is 1.93. The van der Waals surface area contributed by atoms with Crippen molar-refractivity contribution in [3.05, 3.63) is 24.1 Å². The third-order valence-electron chi connectivity index (χ3n) is 2.87. The number of rotatable bonds is 6. The topological polar surface area (TPSA) is 94.0 Å². The largest absolute Gasteiger partial charge is 0.481 e. The minimum Gasteiger partial charge on any atom is -0.481 e. The summed E-state index contributed by atoms with van der Waals surface area (Å²) in [7, 11) is 0. The fraction of sp³-hybridized carbons (Fsp3) is 0.538. The van der Waals surface area contributed by atoms with Gasteiger partial charge in [-0.05, 0) is 0 Å². The van der Waals surface area contributed by atoms with E-state index >= 15 is 0 Å². The van der Waals surface area contributed by atoms with Crippen LogP contribution in [-0.2, 0) is 23.2 Å². The first-order chi connectivity index (χ1) is 9.88. The van der Waals surface area contributed by atoms with Gasteiger partial charge in [-0.2, -0.15) is 4.98 Å². The van der Waals surface area contributed by atoms with Gasteiger partial charge in [-0.3, -0.25) is 4.79 Å². The van der Waals surface area contributed by atoms with Crippen LogP contribution in [0.1, 0.15) is 32.4 Å². The Morgan fingerprint density at radius 1 is 1.43 bits per heavy atom. The molecule has 2 rings (SSSR count). The molecule has 0 saturated carbocycles. The van der Waals surface area contributed by atoms with Gasteiger partial charge in [0.25, 0.3) is 0 Å². The monoisotopic (exact) mass is 310 g/mol. The molecule has 0 aromatic carbocycles. The summed E-state index contributed by atoms with van der Waals surface area (Å²) in [5.74, 6) is -0.317. The van der Waals surface area contributed by atoms with Crippen molar-refractivity contribution >= 4 is 17.7 Å². The lowest BCUT2D eigenvalue weighted by molar-refractivity contribution is -0.133. The van der Waals surface area contributed by atoms with E-state index in [-0.39, 0.29) is 11.2 Å². The number of aromatic nitrogens is 4. The molecule has 0 aliphatic heterocycles. The summed E-state index contributed by atoms with van der Waals surface area (Å²) in [6.45, 7) is 6.91. The third-order valence-corrected chi connectivity index (χ3v) is 3.84. The van der Waals surface area contributed by atoms with E-state index in [0.717, 1.165) is 5.69 Å². The molecule has 21 heavy (non-hydrogen) atoms. The molecule has 0 radical (unpaired) electrons. The molecule has 0 amide bonds. The number of imidazole rings is 1. The molecule has 2 aromatic heterocycles. The lowest BCUT2D eigenvalue weighted by Crippen LogP contribution is -2.19. The maximum absolute atomic E-state index is 10.7. The van der Waals surface area contributed by atoms with Gasteiger partial charge < -0.3 is 14.2 Å². The van der Waals surface area contributed by atoms with Gasteiger partial charge in [0.05, 0.1) is 5.75 Å². The van der Waals surface area contributed by atoms with E-state index in [1.165, 1.54) is 18.1 Å². The minimum atomic E-state index is -0.858. The van der Waals surface area contributed by atoms with Gasteiger partial charge in [0.2, 0.25) is 5.89 Å². The van der Waals surface area contributed by atoms with Crippen LogP contribution in [0.4, 0.5) is 0 Å². The Bertz CT molecular complexity index is 601.